The Kier molecular flexibility index (Phi) is 10.7. The van der Waals surface area contributed by atoms with Crippen LogP contribution >= 0.6 is 0 Å². The molecule has 0 aromatic rings. The summed E-state index contributed by atoms with van der Waals surface area (Å²) in [6.07, 6.45) is 0.923. The van der Waals surface area contributed by atoms with Crippen molar-refractivity contribution in [1.29, 1.82) is 0 Å². The molecule has 0 aliphatic carbocycles. The van der Waals surface area contributed by atoms with Gasteiger partial charge in [-0.15, -0.1) is 0 Å². The van der Waals surface area contributed by atoms with E-state index in [2.05, 4.69) is 24.5 Å². The normalized spacial score (nSPS) is 12.2. The lowest BCUT2D eigenvalue weighted by Gasteiger charge is -2.14. The molecular weight excluding hydrogens is 264 g/mol. The first-order valence-corrected chi connectivity index (χ1v) is 6.81. The molecule has 0 fully saturated rings. The van der Waals surface area contributed by atoms with Crippen LogP contribution in [0.5, 0.6) is 0 Å². The lowest BCUT2D eigenvalue weighted by Crippen LogP contribution is -2.46. The Bertz CT molecular complexity index is 284. The second-order valence-electron chi connectivity index (χ2n) is 4.89. The van der Waals surface area contributed by atoms with E-state index in [1.54, 1.807) is 0 Å². The van der Waals surface area contributed by atoms with Gasteiger partial charge < -0.3 is 25.2 Å². The molecule has 2 amide bonds. The molecule has 0 bridgehead atoms. The van der Waals surface area contributed by atoms with Crippen molar-refractivity contribution in [2.75, 3.05) is 33.5 Å². The summed E-state index contributed by atoms with van der Waals surface area (Å²) in [4.78, 5) is 22.4. The van der Waals surface area contributed by atoms with E-state index in [9.17, 15) is 9.59 Å². The number of carbonyl (C=O) groups excluding carboxylic acids is 1. The smallest absolute Gasteiger partial charge is 0.326 e. The number of ether oxygens (including phenoxy) is 2. The Morgan fingerprint density at radius 1 is 1.25 bits per heavy atom. The highest BCUT2D eigenvalue weighted by Crippen LogP contribution is 1.94. The van der Waals surface area contributed by atoms with Crippen molar-refractivity contribution in [2.45, 2.75) is 32.7 Å². The molecule has 0 aliphatic rings. The first-order chi connectivity index (χ1) is 9.47. The summed E-state index contributed by atoms with van der Waals surface area (Å²) in [7, 11) is 1.48. The fourth-order valence-corrected chi connectivity index (χ4v) is 1.40. The van der Waals surface area contributed by atoms with Crippen molar-refractivity contribution >= 4 is 12.0 Å². The zero-order chi connectivity index (χ0) is 15.4. The van der Waals surface area contributed by atoms with Crippen LogP contribution in [0.1, 0.15) is 26.7 Å². The molecular formula is C13H26N2O5. The van der Waals surface area contributed by atoms with Crippen molar-refractivity contribution in [1.82, 2.24) is 10.6 Å². The minimum atomic E-state index is -1.07. The van der Waals surface area contributed by atoms with E-state index in [4.69, 9.17) is 14.6 Å². The third-order valence-electron chi connectivity index (χ3n) is 2.42. The van der Waals surface area contributed by atoms with Crippen LogP contribution in [0.2, 0.25) is 0 Å². The van der Waals surface area contributed by atoms with Crippen molar-refractivity contribution in [3.8, 4) is 0 Å². The lowest BCUT2D eigenvalue weighted by atomic mass is 10.2. The van der Waals surface area contributed by atoms with Gasteiger partial charge in [-0.1, -0.05) is 13.8 Å². The van der Waals surface area contributed by atoms with Crippen LogP contribution in [0.25, 0.3) is 0 Å². The van der Waals surface area contributed by atoms with Gasteiger partial charge in [0.15, 0.2) is 0 Å². The van der Waals surface area contributed by atoms with Gasteiger partial charge in [-0.2, -0.15) is 0 Å². The number of rotatable bonds is 11. The van der Waals surface area contributed by atoms with Crippen molar-refractivity contribution < 1.29 is 24.2 Å². The summed E-state index contributed by atoms with van der Waals surface area (Å²) in [5.74, 6) is -0.583. The Labute approximate surface area is 120 Å². The third kappa shape index (κ3) is 10.6. The van der Waals surface area contributed by atoms with Crippen LogP contribution in [0.4, 0.5) is 4.79 Å². The SMILES string of the molecule is COCCC(NC(=O)NCCCOCC(C)C)C(=O)O. The van der Waals surface area contributed by atoms with Gasteiger partial charge in [-0.25, -0.2) is 9.59 Å². The number of aliphatic carboxylic acids is 1. The predicted molar refractivity (Wildman–Crippen MR) is 74.7 cm³/mol. The number of nitrogens with one attached hydrogen (secondary N) is 2. The maximum atomic E-state index is 11.5. The molecule has 20 heavy (non-hydrogen) atoms. The highest BCUT2D eigenvalue weighted by molar-refractivity contribution is 5.82. The largest absolute Gasteiger partial charge is 0.480 e. The van der Waals surface area contributed by atoms with E-state index in [0.29, 0.717) is 32.1 Å². The molecule has 0 rings (SSSR count). The number of carbonyl (C=O) groups is 2. The van der Waals surface area contributed by atoms with Crippen molar-refractivity contribution in [2.24, 2.45) is 5.92 Å². The second-order valence-corrected chi connectivity index (χ2v) is 4.89. The topological polar surface area (TPSA) is 96.9 Å². The number of amides is 2. The van der Waals surface area contributed by atoms with E-state index in [-0.39, 0.29) is 13.0 Å². The van der Waals surface area contributed by atoms with Crippen LogP contribution in [0.15, 0.2) is 0 Å². The first-order valence-electron chi connectivity index (χ1n) is 6.81. The fraction of sp³-hybridized carbons (Fsp3) is 0.846. The van der Waals surface area contributed by atoms with Gasteiger partial charge in [0.25, 0.3) is 0 Å². The summed E-state index contributed by atoms with van der Waals surface area (Å²) in [5, 5.41) is 13.9. The summed E-state index contributed by atoms with van der Waals surface area (Å²) in [5.41, 5.74) is 0. The molecule has 0 saturated carbocycles. The van der Waals surface area contributed by atoms with Crippen molar-refractivity contribution in [3.05, 3.63) is 0 Å². The number of carboxylic acid groups (broad SMARTS) is 1. The van der Waals surface area contributed by atoms with Crippen LogP contribution in [0.3, 0.4) is 0 Å². The summed E-state index contributed by atoms with van der Waals surface area (Å²) in [6, 6.07) is -1.43. The van der Waals surface area contributed by atoms with Crippen LogP contribution in [0, 0.1) is 5.92 Å². The fourth-order valence-electron chi connectivity index (χ4n) is 1.40. The molecule has 1 atom stereocenters. The standard InChI is InChI=1S/C13H26N2O5/c1-10(2)9-20-7-4-6-14-13(18)15-11(12(16)17)5-8-19-3/h10-11H,4-9H2,1-3H3,(H,16,17)(H2,14,15,18). The molecule has 1 unspecified atom stereocenters. The highest BCUT2D eigenvalue weighted by Gasteiger charge is 2.18. The average molecular weight is 290 g/mol. The molecule has 0 spiro atoms. The van der Waals surface area contributed by atoms with E-state index in [1.807, 2.05) is 0 Å². The number of carboxylic acids is 1. The number of hydrogen-bond acceptors (Lipinski definition) is 4. The van der Waals surface area contributed by atoms with Gasteiger partial charge in [0.2, 0.25) is 0 Å². The molecule has 0 aliphatic heterocycles. The molecule has 0 aromatic heterocycles. The van der Waals surface area contributed by atoms with Gasteiger partial charge >= 0.3 is 12.0 Å². The number of methoxy groups -OCH3 is 1. The van der Waals surface area contributed by atoms with Crippen LogP contribution in [-0.4, -0.2) is 56.6 Å². The van der Waals surface area contributed by atoms with Crippen molar-refractivity contribution in [3.63, 3.8) is 0 Å². The monoisotopic (exact) mass is 290 g/mol. The van der Waals surface area contributed by atoms with Gasteiger partial charge in [0.1, 0.15) is 6.04 Å². The van der Waals surface area contributed by atoms with E-state index in [1.165, 1.54) is 7.11 Å². The minimum Gasteiger partial charge on any atom is -0.480 e. The maximum Gasteiger partial charge on any atom is 0.326 e. The molecule has 0 saturated heterocycles. The second kappa shape index (κ2) is 11.5. The molecule has 118 valence electrons. The predicted octanol–water partition coefficient (Wildman–Crippen LogP) is 0.838. The minimum absolute atomic E-state index is 0.233. The van der Waals surface area contributed by atoms with Gasteiger partial charge in [-0.05, 0) is 12.3 Å². The highest BCUT2D eigenvalue weighted by atomic mass is 16.5. The van der Waals surface area contributed by atoms with E-state index in [0.717, 1.165) is 0 Å². The average Bonchev–Trinajstić information content (AvgIpc) is 2.37. The summed E-state index contributed by atoms with van der Waals surface area (Å²) < 4.78 is 10.2. The first kappa shape index (κ1) is 18.7. The van der Waals surface area contributed by atoms with E-state index < -0.39 is 18.0 Å². The maximum absolute atomic E-state index is 11.5. The molecule has 7 nitrogen and oxygen atoms in total. The zero-order valence-corrected chi connectivity index (χ0v) is 12.5. The van der Waals surface area contributed by atoms with Gasteiger partial charge in [0.05, 0.1) is 0 Å². The Morgan fingerprint density at radius 2 is 1.95 bits per heavy atom. The van der Waals surface area contributed by atoms with E-state index >= 15 is 0 Å². The Balaban J connectivity index is 3.71. The summed E-state index contributed by atoms with van der Waals surface area (Å²) in [6.45, 7) is 6.13. The zero-order valence-electron chi connectivity index (χ0n) is 12.5. The van der Waals surface area contributed by atoms with Crippen LogP contribution in [-0.2, 0) is 14.3 Å². The Morgan fingerprint density at radius 3 is 2.50 bits per heavy atom. The number of urea groups is 1. The van der Waals surface area contributed by atoms with Gasteiger partial charge in [0, 0.05) is 39.9 Å². The molecule has 0 aromatic carbocycles. The van der Waals surface area contributed by atoms with Crippen LogP contribution < -0.4 is 10.6 Å². The molecule has 3 N–H and O–H groups in total. The lowest BCUT2D eigenvalue weighted by molar-refractivity contribution is -0.139. The number of hydrogen-bond donors (Lipinski definition) is 3. The Hall–Kier alpha value is -1.34. The molecule has 0 radical (unpaired) electrons. The third-order valence-corrected chi connectivity index (χ3v) is 2.42. The molecule has 0 heterocycles. The summed E-state index contributed by atoms with van der Waals surface area (Å²) >= 11 is 0. The molecule has 7 heteroatoms. The van der Waals surface area contributed by atoms with Gasteiger partial charge in [-0.3, -0.25) is 0 Å². The quantitative estimate of drug-likeness (QED) is 0.490.